The molecule has 2 aromatic rings. The molecule has 0 unspecified atom stereocenters. The van der Waals surface area contributed by atoms with Gasteiger partial charge in [0.1, 0.15) is 0 Å². The number of aromatic nitrogens is 1. The van der Waals surface area contributed by atoms with Gasteiger partial charge >= 0.3 is 5.69 Å². The Balaban J connectivity index is 2.05. The van der Waals surface area contributed by atoms with Crippen LogP contribution in [0.5, 0.6) is 0 Å². The maximum atomic E-state index is 10.9. The number of nitro groups is 1. The molecular weight excluding hydrogens is 278 g/mol. The first-order valence-electron chi connectivity index (χ1n) is 6.16. The van der Waals surface area contributed by atoms with Crippen molar-refractivity contribution in [1.29, 1.82) is 0 Å². The molecule has 0 amide bonds. The van der Waals surface area contributed by atoms with E-state index in [4.69, 9.17) is 11.6 Å². The lowest BCUT2D eigenvalue weighted by Crippen LogP contribution is -2.09. The molecule has 0 fully saturated rings. The van der Waals surface area contributed by atoms with Crippen molar-refractivity contribution >= 4 is 23.1 Å². The molecular formula is C14H14ClN3O2. The van der Waals surface area contributed by atoms with Crippen LogP contribution in [0.15, 0.2) is 36.5 Å². The fourth-order valence-corrected chi connectivity index (χ4v) is 2.06. The molecule has 0 aliphatic heterocycles. The van der Waals surface area contributed by atoms with E-state index in [0.29, 0.717) is 6.54 Å². The van der Waals surface area contributed by atoms with E-state index in [9.17, 15) is 10.1 Å². The normalized spacial score (nSPS) is 10.3. The monoisotopic (exact) mass is 291 g/mol. The van der Waals surface area contributed by atoms with Crippen LogP contribution in [0.1, 0.15) is 11.1 Å². The second-order valence-electron chi connectivity index (χ2n) is 4.38. The van der Waals surface area contributed by atoms with Crippen molar-refractivity contribution in [1.82, 2.24) is 4.98 Å². The van der Waals surface area contributed by atoms with Gasteiger partial charge in [-0.3, -0.25) is 10.1 Å². The maximum Gasteiger partial charge on any atom is 0.312 e. The van der Waals surface area contributed by atoms with Crippen molar-refractivity contribution in [2.24, 2.45) is 0 Å². The van der Waals surface area contributed by atoms with E-state index in [1.165, 1.54) is 23.4 Å². The fourth-order valence-electron chi connectivity index (χ4n) is 1.91. The van der Waals surface area contributed by atoms with Gasteiger partial charge in [0.05, 0.1) is 9.95 Å². The maximum absolute atomic E-state index is 10.9. The number of anilines is 1. The molecule has 6 heteroatoms. The number of rotatable bonds is 5. The third kappa shape index (κ3) is 3.45. The van der Waals surface area contributed by atoms with E-state index in [1.54, 1.807) is 0 Å². The Labute approximate surface area is 121 Å². The molecule has 0 saturated carbocycles. The molecule has 5 nitrogen and oxygen atoms in total. The number of halogens is 1. The summed E-state index contributed by atoms with van der Waals surface area (Å²) in [5.74, 6) is 0.244. The van der Waals surface area contributed by atoms with Crippen LogP contribution >= 0.6 is 11.6 Å². The summed E-state index contributed by atoms with van der Waals surface area (Å²) in [7, 11) is 0. The Morgan fingerprint density at radius 3 is 2.85 bits per heavy atom. The number of hydrogen-bond acceptors (Lipinski definition) is 4. The molecule has 0 saturated heterocycles. The molecule has 2 rings (SSSR count). The Bertz CT molecular complexity index is 632. The summed E-state index contributed by atoms with van der Waals surface area (Å²) in [5.41, 5.74) is 2.30. The Morgan fingerprint density at radius 1 is 1.40 bits per heavy atom. The van der Waals surface area contributed by atoms with Crippen LogP contribution in [0.4, 0.5) is 11.5 Å². The van der Waals surface area contributed by atoms with Gasteiger partial charge in [-0.15, -0.1) is 0 Å². The third-order valence-electron chi connectivity index (χ3n) is 2.98. The topological polar surface area (TPSA) is 68.1 Å². The zero-order valence-electron chi connectivity index (χ0n) is 11.0. The van der Waals surface area contributed by atoms with Crippen LogP contribution in [0, 0.1) is 17.0 Å². The summed E-state index contributed by atoms with van der Waals surface area (Å²) in [6.45, 7) is 2.61. The second kappa shape index (κ2) is 6.34. The molecule has 1 aromatic heterocycles. The average molecular weight is 292 g/mol. The van der Waals surface area contributed by atoms with Gasteiger partial charge in [-0.25, -0.2) is 4.98 Å². The summed E-state index contributed by atoms with van der Waals surface area (Å²) in [6.07, 6.45) is 2.17. The minimum atomic E-state index is -0.491. The van der Waals surface area contributed by atoms with E-state index in [1.807, 2.05) is 31.2 Å². The molecule has 0 bridgehead atoms. The first-order chi connectivity index (χ1) is 9.58. The molecule has 1 aromatic carbocycles. The van der Waals surface area contributed by atoms with E-state index in [0.717, 1.165) is 6.42 Å². The highest BCUT2D eigenvalue weighted by atomic mass is 35.5. The zero-order chi connectivity index (χ0) is 14.5. The molecule has 1 heterocycles. The number of hydrogen-bond donors (Lipinski definition) is 1. The van der Waals surface area contributed by atoms with Crippen LogP contribution in [-0.4, -0.2) is 16.5 Å². The second-order valence-corrected chi connectivity index (χ2v) is 4.82. The third-order valence-corrected chi connectivity index (χ3v) is 3.19. The van der Waals surface area contributed by atoms with E-state index < -0.39 is 4.92 Å². The van der Waals surface area contributed by atoms with Crippen LogP contribution in [-0.2, 0) is 6.42 Å². The summed E-state index contributed by atoms with van der Waals surface area (Å²) in [5, 5.41) is 14.2. The molecule has 0 aliphatic rings. The zero-order valence-corrected chi connectivity index (χ0v) is 11.7. The molecule has 20 heavy (non-hydrogen) atoms. The molecule has 0 spiro atoms. The molecule has 1 N–H and O–H groups in total. The number of nitrogens with one attached hydrogen (secondary N) is 1. The predicted molar refractivity (Wildman–Crippen MR) is 79.3 cm³/mol. The van der Waals surface area contributed by atoms with Crippen molar-refractivity contribution in [3.63, 3.8) is 0 Å². The van der Waals surface area contributed by atoms with Crippen molar-refractivity contribution in [2.75, 3.05) is 11.9 Å². The van der Waals surface area contributed by atoms with Gasteiger partial charge in [0, 0.05) is 18.8 Å². The highest BCUT2D eigenvalue weighted by Crippen LogP contribution is 2.24. The van der Waals surface area contributed by atoms with Crippen LogP contribution < -0.4 is 5.32 Å². The standard InChI is InChI=1S/C14H14ClN3O2/c1-10-4-2-3-5-11(10)6-7-16-14-13(18(19)20)8-12(15)9-17-14/h2-5,8-9H,6-7H2,1H3,(H,16,17). The minimum absolute atomic E-state index is 0.109. The summed E-state index contributed by atoms with van der Waals surface area (Å²) < 4.78 is 0. The Morgan fingerprint density at radius 2 is 2.15 bits per heavy atom. The van der Waals surface area contributed by atoms with Gasteiger partial charge in [0.25, 0.3) is 0 Å². The summed E-state index contributed by atoms with van der Waals surface area (Å²) in [6, 6.07) is 9.34. The molecule has 0 radical (unpaired) electrons. The highest BCUT2D eigenvalue weighted by Gasteiger charge is 2.15. The number of pyridine rings is 1. The predicted octanol–water partition coefficient (Wildman–Crippen LogP) is 3.61. The molecule has 0 aliphatic carbocycles. The van der Waals surface area contributed by atoms with Crippen molar-refractivity contribution in [2.45, 2.75) is 13.3 Å². The lowest BCUT2D eigenvalue weighted by molar-refractivity contribution is -0.384. The van der Waals surface area contributed by atoms with E-state index in [2.05, 4.69) is 10.3 Å². The van der Waals surface area contributed by atoms with E-state index >= 15 is 0 Å². The van der Waals surface area contributed by atoms with Gasteiger partial charge in [0.2, 0.25) is 5.82 Å². The van der Waals surface area contributed by atoms with Gasteiger partial charge in [-0.2, -0.15) is 0 Å². The molecule has 0 atom stereocenters. The largest absolute Gasteiger partial charge is 0.364 e. The lowest BCUT2D eigenvalue weighted by atomic mass is 10.1. The summed E-state index contributed by atoms with van der Waals surface area (Å²) in [4.78, 5) is 14.4. The van der Waals surface area contributed by atoms with Crippen LogP contribution in [0.25, 0.3) is 0 Å². The van der Waals surface area contributed by atoms with E-state index in [-0.39, 0.29) is 16.5 Å². The number of aryl methyl sites for hydroxylation is 1. The minimum Gasteiger partial charge on any atom is -0.364 e. The highest BCUT2D eigenvalue weighted by molar-refractivity contribution is 6.30. The van der Waals surface area contributed by atoms with Gasteiger partial charge in [-0.1, -0.05) is 35.9 Å². The molecule has 104 valence electrons. The first-order valence-corrected chi connectivity index (χ1v) is 6.54. The Hall–Kier alpha value is -2.14. The lowest BCUT2D eigenvalue weighted by Gasteiger charge is -2.08. The SMILES string of the molecule is Cc1ccccc1CCNc1ncc(Cl)cc1[N+](=O)[O-]. The van der Waals surface area contributed by atoms with Gasteiger partial charge < -0.3 is 5.32 Å². The van der Waals surface area contributed by atoms with Gasteiger partial charge in [-0.05, 0) is 24.5 Å². The van der Waals surface area contributed by atoms with Crippen LogP contribution in [0.2, 0.25) is 5.02 Å². The van der Waals surface area contributed by atoms with Gasteiger partial charge in [0.15, 0.2) is 0 Å². The van der Waals surface area contributed by atoms with Crippen molar-refractivity contribution in [3.8, 4) is 0 Å². The van der Waals surface area contributed by atoms with Crippen molar-refractivity contribution in [3.05, 3.63) is 62.8 Å². The number of benzene rings is 1. The van der Waals surface area contributed by atoms with Crippen LogP contribution in [0.3, 0.4) is 0 Å². The first kappa shape index (κ1) is 14.3. The smallest absolute Gasteiger partial charge is 0.312 e. The number of nitrogens with zero attached hydrogens (tertiary/aromatic N) is 2. The summed E-state index contributed by atoms with van der Waals surface area (Å²) >= 11 is 5.72. The Kier molecular flexibility index (Phi) is 4.53. The fraction of sp³-hybridized carbons (Fsp3) is 0.214. The quantitative estimate of drug-likeness (QED) is 0.675. The van der Waals surface area contributed by atoms with Crippen molar-refractivity contribution < 1.29 is 4.92 Å². The average Bonchev–Trinajstić information content (AvgIpc) is 2.42.